The van der Waals surface area contributed by atoms with Gasteiger partial charge in [0.2, 0.25) is 0 Å². The second-order valence-electron chi connectivity index (χ2n) is 4.85. The fourth-order valence-corrected chi connectivity index (χ4v) is 2.18. The van der Waals surface area contributed by atoms with Gasteiger partial charge in [-0.25, -0.2) is 9.59 Å². The molecule has 0 bridgehead atoms. The number of methoxy groups -OCH3 is 2. The van der Waals surface area contributed by atoms with E-state index in [1.807, 2.05) is 0 Å². The zero-order valence-corrected chi connectivity index (χ0v) is 18.8. The van der Waals surface area contributed by atoms with Crippen LogP contribution in [0.15, 0.2) is 24.3 Å². The highest BCUT2D eigenvalue weighted by atomic mass is 32.1. The molecular weight excluding hydrogens is 472 g/mol. The van der Waals surface area contributed by atoms with Gasteiger partial charge >= 0.3 is 12.2 Å². The van der Waals surface area contributed by atoms with Gasteiger partial charge in [0.1, 0.15) is 0 Å². The molecule has 0 atom stereocenters. The lowest BCUT2D eigenvalue weighted by Crippen LogP contribution is -2.50. The number of anilines is 2. The predicted molar refractivity (Wildman–Crippen MR) is 128 cm³/mol. The Labute approximate surface area is 193 Å². The Hall–Kier alpha value is -3.08. The van der Waals surface area contributed by atoms with Crippen molar-refractivity contribution in [3.63, 3.8) is 0 Å². The van der Waals surface area contributed by atoms with Crippen LogP contribution in [0.25, 0.3) is 0 Å². The fourth-order valence-electron chi connectivity index (χ4n) is 1.59. The number of para-hydroxylation sites is 2. The van der Waals surface area contributed by atoms with Crippen LogP contribution in [0.5, 0.6) is 0 Å². The second-order valence-corrected chi connectivity index (χ2v) is 6.48. The maximum absolute atomic E-state index is 11.1. The Bertz CT molecular complexity index is 771. The monoisotopic (exact) mass is 490 g/mol. The summed E-state index contributed by atoms with van der Waals surface area (Å²) >= 11 is 20.1. The van der Waals surface area contributed by atoms with E-state index in [2.05, 4.69) is 52.4 Å². The number of rotatable bonds is 2. The Morgan fingerprint density at radius 1 is 0.667 bits per heavy atom. The molecule has 1 rings (SSSR count). The molecule has 0 aliphatic heterocycles. The Morgan fingerprint density at radius 3 is 1.33 bits per heavy atom. The van der Waals surface area contributed by atoms with Gasteiger partial charge in [0.15, 0.2) is 20.4 Å². The molecule has 1 aromatic carbocycles. The van der Waals surface area contributed by atoms with Crippen LogP contribution in [-0.2, 0) is 9.47 Å². The predicted octanol–water partition coefficient (Wildman–Crippen LogP) is 0.550. The van der Waals surface area contributed by atoms with E-state index < -0.39 is 12.2 Å². The summed E-state index contributed by atoms with van der Waals surface area (Å²) in [5.74, 6) is 0. The standard InChI is InChI=1S/C14H18N8O4S4/c1-25-13(23)17-11(29)21-19-9(27)15-7-5-3-4-6-8(7)16-10(28)20-22-12(30)18-14(24)26-2/h3-6H,1-2H3,(H2,15,19,27)(H2,16,20,28)(H2,17,21,23,29)(H2,18,22,24,30). The molecule has 0 saturated carbocycles. The van der Waals surface area contributed by atoms with E-state index in [0.717, 1.165) is 0 Å². The maximum atomic E-state index is 11.1. The minimum absolute atomic E-state index is 0.0367. The maximum Gasteiger partial charge on any atom is 0.413 e. The third-order valence-electron chi connectivity index (χ3n) is 2.80. The van der Waals surface area contributed by atoms with Crippen LogP contribution in [0.1, 0.15) is 0 Å². The van der Waals surface area contributed by atoms with Crippen molar-refractivity contribution in [1.82, 2.24) is 32.3 Å². The van der Waals surface area contributed by atoms with Crippen molar-refractivity contribution < 1.29 is 19.1 Å². The molecule has 0 heterocycles. The average Bonchev–Trinajstić information content (AvgIpc) is 2.72. The molecule has 0 spiro atoms. The van der Waals surface area contributed by atoms with E-state index in [1.165, 1.54) is 14.2 Å². The first-order valence-corrected chi connectivity index (χ1v) is 9.41. The lowest BCUT2D eigenvalue weighted by Gasteiger charge is -2.17. The summed E-state index contributed by atoms with van der Waals surface area (Å²) in [5.41, 5.74) is 11.4. The SMILES string of the molecule is COC(=O)NC(=S)NNC(=S)Nc1ccccc1NC(=S)NNC(=S)NC(=O)OC. The van der Waals surface area contributed by atoms with Crippen LogP contribution >= 0.6 is 48.9 Å². The number of hydrazine groups is 2. The molecular formula is C14H18N8O4S4. The summed E-state index contributed by atoms with van der Waals surface area (Å²) in [4.78, 5) is 22.1. The van der Waals surface area contributed by atoms with Crippen LogP contribution in [0, 0.1) is 0 Å². The number of hydrogen-bond donors (Lipinski definition) is 8. The number of thiocarbonyl (C=S) groups is 4. The van der Waals surface area contributed by atoms with E-state index in [-0.39, 0.29) is 20.4 Å². The Balaban J connectivity index is 2.55. The van der Waals surface area contributed by atoms with Crippen LogP contribution in [-0.4, -0.2) is 46.9 Å². The zero-order chi connectivity index (χ0) is 22.5. The van der Waals surface area contributed by atoms with Crippen molar-refractivity contribution in [3.05, 3.63) is 24.3 Å². The lowest BCUT2D eigenvalue weighted by atomic mass is 10.2. The normalized spacial score (nSPS) is 9.13. The number of amides is 2. The summed E-state index contributed by atoms with van der Waals surface area (Å²) in [6.07, 6.45) is -1.45. The molecule has 0 aromatic heterocycles. The van der Waals surface area contributed by atoms with Gasteiger partial charge in [0.25, 0.3) is 0 Å². The van der Waals surface area contributed by atoms with Gasteiger partial charge in [-0.2, -0.15) is 0 Å². The van der Waals surface area contributed by atoms with Crippen molar-refractivity contribution in [1.29, 1.82) is 0 Å². The van der Waals surface area contributed by atoms with Gasteiger partial charge in [-0.3, -0.25) is 32.3 Å². The van der Waals surface area contributed by atoms with Gasteiger partial charge in [-0.1, -0.05) is 12.1 Å². The van der Waals surface area contributed by atoms with Crippen LogP contribution in [0.3, 0.4) is 0 Å². The molecule has 0 aliphatic carbocycles. The Kier molecular flexibility index (Phi) is 11.0. The number of hydrogen-bond acceptors (Lipinski definition) is 8. The van der Waals surface area contributed by atoms with Gasteiger partial charge in [0, 0.05) is 0 Å². The van der Waals surface area contributed by atoms with Crippen LogP contribution in [0.4, 0.5) is 21.0 Å². The third kappa shape index (κ3) is 9.92. The number of carbonyl (C=O) groups is 2. The highest BCUT2D eigenvalue weighted by Crippen LogP contribution is 2.20. The molecule has 0 radical (unpaired) electrons. The molecule has 0 saturated heterocycles. The quantitative estimate of drug-likeness (QED) is 0.215. The number of carbonyl (C=O) groups excluding carboxylic acids is 2. The minimum Gasteiger partial charge on any atom is -0.453 e. The van der Waals surface area contributed by atoms with Crippen molar-refractivity contribution in [3.8, 4) is 0 Å². The molecule has 2 amide bonds. The Morgan fingerprint density at radius 2 is 1.00 bits per heavy atom. The molecule has 162 valence electrons. The van der Waals surface area contributed by atoms with Crippen LogP contribution < -0.4 is 43.0 Å². The molecule has 12 nitrogen and oxygen atoms in total. The third-order valence-corrected chi connectivity index (χ3v) is 3.62. The molecule has 0 aliphatic rings. The first kappa shape index (κ1) is 25.0. The lowest BCUT2D eigenvalue weighted by molar-refractivity contribution is 0.175. The summed E-state index contributed by atoms with van der Waals surface area (Å²) in [6, 6.07) is 7.02. The smallest absolute Gasteiger partial charge is 0.413 e. The molecule has 0 fully saturated rings. The van der Waals surface area contributed by atoms with Crippen molar-refractivity contribution in [2.75, 3.05) is 24.9 Å². The van der Waals surface area contributed by atoms with E-state index in [9.17, 15) is 9.59 Å². The molecule has 0 unspecified atom stereocenters. The van der Waals surface area contributed by atoms with E-state index >= 15 is 0 Å². The molecule has 16 heteroatoms. The van der Waals surface area contributed by atoms with Crippen molar-refractivity contribution in [2.45, 2.75) is 0 Å². The van der Waals surface area contributed by atoms with Gasteiger partial charge < -0.3 is 20.1 Å². The summed E-state index contributed by atoms with van der Waals surface area (Å²) in [6.45, 7) is 0. The van der Waals surface area contributed by atoms with Gasteiger partial charge in [0.05, 0.1) is 25.6 Å². The van der Waals surface area contributed by atoms with Crippen molar-refractivity contribution in [2.24, 2.45) is 0 Å². The molecule has 30 heavy (non-hydrogen) atoms. The highest BCUT2D eigenvalue weighted by Gasteiger charge is 2.08. The first-order chi connectivity index (χ1) is 14.2. The first-order valence-electron chi connectivity index (χ1n) is 7.78. The van der Waals surface area contributed by atoms with Gasteiger partial charge in [-0.15, -0.1) is 0 Å². The molecule has 8 N–H and O–H groups in total. The number of alkyl carbamates (subject to hydrolysis) is 2. The van der Waals surface area contributed by atoms with E-state index in [4.69, 9.17) is 48.9 Å². The topological polar surface area (TPSA) is 149 Å². The van der Waals surface area contributed by atoms with E-state index in [0.29, 0.717) is 11.4 Å². The largest absolute Gasteiger partial charge is 0.453 e. The minimum atomic E-state index is -0.724. The zero-order valence-electron chi connectivity index (χ0n) is 15.6. The second kappa shape index (κ2) is 13.2. The molecule has 1 aromatic rings. The number of ether oxygens (including phenoxy) is 2. The summed E-state index contributed by atoms with van der Waals surface area (Å²) in [7, 11) is 2.42. The number of benzene rings is 1. The number of nitrogens with one attached hydrogen (secondary N) is 8. The average molecular weight is 491 g/mol. The van der Waals surface area contributed by atoms with Gasteiger partial charge in [-0.05, 0) is 61.0 Å². The summed E-state index contributed by atoms with van der Waals surface area (Å²) < 4.78 is 8.83. The van der Waals surface area contributed by atoms with Crippen LogP contribution in [0.2, 0.25) is 0 Å². The van der Waals surface area contributed by atoms with E-state index in [1.54, 1.807) is 24.3 Å². The fraction of sp³-hybridized carbons (Fsp3) is 0.143. The summed E-state index contributed by atoms with van der Waals surface area (Å²) in [5, 5.41) is 10.6. The highest BCUT2D eigenvalue weighted by molar-refractivity contribution is 7.81. The van der Waals surface area contributed by atoms with Crippen molar-refractivity contribution >= 4 is 92.9 Å².